The van der Waals surface area contributed by atoms with Gasteiger partial charge in [0.2, 0.25) is 0 Å². The normalized spacial score (nSPS) is 35.1. The molecular weight excluding hydrogens is 168 g/mol. The second kappa shape index (κ2) is 2.36. The quantitative estimate of drug-likeness (QED) is 0.344. The smallest absolute Gasteiger partial charge is 0.357 e. The molecule has 2 N–H and O–H groups in total. The van der Waals surface area contributed by atoms with Gasteiger partial charge in [0, 0.05) is 0 Å². The summed E-state index contributed by atoms with van der Waals surface area (Å²) in [5.41, 5.74) is -2.71. The number of esters is 2. The second-order valence-electron chi connectivity index (χ2n) is 2.43. The minimum Gasteiger partial charge on any atom is -0.388 e. The molecule has 0 saturated carbocycles. The van der Waals surface area contributed by atoms with E-state index in [-0.39, 0.29) is 0 Å². The number of carbonyl (C=O) groups excluding carboxylic acids is 3. The van der Waals surface area contributed by atoms with Crippen molar-refractivity contribution in [3.63, 3.8) is 0 Å². The van der Waals surface area contributed by atoms with Crippen LogP contribution in [0.1, 0.15) is 6.92 Å². The first kappa shape index (κ1) is 8.82. The molecular formula is C6H6O6. The molecule has 1 aliphatic rings. The van der Waals surface area contributed by atoms with E-state index in [1.807, 2.05) is 0 Å². The summed E-state index contributed by atoms with van der Waals surface area (Å²) in [5.74, 6) is -3.75. The molecule has 0 aromatic rings. The summed E-state index contributed by atoms with van der Waals surface area (Å²) in [6.07, 6.45) is -2.11. The van der Waals surface area contributed by atoms with Crippen molar-refractivity contribution in [2.75, 3.05) is 0 Å². The van der Waals surface area contributed by atoms with Gasteiger partial charge in [0.05, 0.1) is 0 Å². The molecule has 66 valence electrons. The minimum atomic E-state index is -2.71. The van der Waals surface area contributed by atoms with Crippen LogP contribution in [0.25, 0.3) is 0 Å². The molecule has 0 spiro atoms. The molecule has 0 unspecified atom stereocenters. The largest absolute Gasteiger partial charge is 0.388 e. The Hall–Kier alpha value is -1.27. The zero-order chi connectivity index (χ0) is 9.52. The molecule has 1 saturated heterocycles. The van der Waals surface area contributed by atoms with E-state index in [0.29, 0.717) is 0 Å². The van der Waals surface area contributed by atoms with Crippen molar-refractivity contribution in [2.24, 2.45) is 0 Å². The number of rotatable bonds is 1. The van der Waals surface area contributed by atoms with Crippen LogP contribution in [0.2, 0.25) is 0 Å². The number of hydrogen-bond donors (Lipinski definition) is 2. The van der Waals surface area contributed by atoms with Gasteiger partial charge in [-0.3, -0.25) is 4.79 Å². The number of carbonyl (C=O) groups is 3. The van der Waals surface area contributed by atoms with Crippen molar-refractivity contribution >= 4 is 17.7 Å². The lowest BCUT2D eigenvalue weighted by Crippen LogP contribution is -2.51. The fourth-order valence-corrected chi connectivity index (χ4v) is 0.843. The Bertz CT molecular complexity index is 269. The fraction of sp³-hybridized carbons (Fsp3) is 0.500. The third-order valence-corrected chi connectivity index (χ3v) is 1.66. The summed E-state index contributed by atoms with van der Waals surface area (Å²) in [5, 5.41) is 18.1. The van der Waals surface area contributed by atoms with Gasteiger partial charge in [0.25, 0.3) is 5.60 Å². The van der Waals surface area contributed by atoms with E-state index in [2.05, 4.69) is 4.74 Å². The van der Waals surface area contributed by atoms with E-state index in [1.54, 1.807) is 0 Å². The van der Waals surface area contributed by atoms with E-state index < -0.39 is 29.4 Å². The van der Waals surface area contributed by atoms with Crippen molar-refractivity contribution in [1.29, 1.82) is 0 Å². The summed E-state index contributed by atoms with van der Waals surface area (Å²) in [4.78, 5) is 31.9. The van der Waals surface area contributed by atoms with Gasteiger partial charge in [0.1, 0.15) is 0 Å². The van der Waals surface area contributed by atoms with Crippen molar-refractivity contribution in [3.05, 3.63) is 0 Å². The lowest BCUT2D eigenvalue weighted by atomic mass is 9.95. The Morgan fingerprint density at radius 3 is 2.25 bits per heavy atom. The molecule has 1 aliphatic heterocycles. The van der Waals surface area contributed by atoms with E-state index in [0.717, 1.165) is 6.92 Å². The van der Waals surface area contributed by atoms with Crippen LogP contribution in [0.15, 0.2) is 0 Å². The Morgan fingerprint density at radius 2 is 2.08 bits per heavy atom. The molecule has 1 heterocycles. The van der Waals surface area contributed by atoms with Crippen LogP contribution in [0, 0.1) is 0 Å². The Balaban J connectivity index is 3.12. The topological polar surface area (TPSA) is 101 Å². The monoisotopic (exact) mass is 174 g/mol. The lowest BCUT2D eigenvalue weighted by Gasteiger charge is -2.15. The highest BCUT2D eigenvalue weighted by molar-refractivity contribution is 6.17. The highest BCUT2D eigenvalue weighted by Gasteiger charge is 2.60. The van der Waals surface area contributed by atoms with Gasteiger partial charge in [-0.05, 0) is 6.92 Å². The molecule has 0 aromatic heterocycles. The SMILES string of the molecule is CC(=O)[C@]1(O)C(=O)OC(=O)[C@@H]1O. The number of aliphatic hydroxyl groups is 2. The maximum absolute atomic E-state index is 10.7. The molecule has 6 nitrogen and oxygen atoms in total. The predicted molar refractivity (Wildman–Crippen MR) is 32.7 cm³/mol. The van der Waals surface area contributed by atoms with Crippen molar-refractivity contribution in [2.45, 2.75) is 18.6 Å². The molecule has 12 heavy (non-hydrogen) atoms. The van der Waals surface area contributed by atoms with Gasteiger partial charge >= 0.3 is 11.9 Å². The van der Waals surface area contributed by atoms with Crippen molar-refractivity contribution in [1.82, 2.24) is 0 Å². The van der Waals surface area contributed by atoms with Crippen molar-refractivity contribution < 1.29 is 29.3 Å². The van der Waals surface area contributed by atoms with Crippen LogP contribution in [0.4, 0.5) is 0 Å². The first-order valence-corrected chi connectivity index (χ1v) is 3.08. The molecule has 1 rings (SSSR count). The van der Waals surface area contributed by atoms with Crippen LogP contribution < -0.4 is 0 Å². The standard InChI is InChI=1S/C6H6O6/c1-2(7)6(11)3(8)4(9)12-5(6)10/h3,8,11H,1H3/t3-,6+/m0/s1. The number of aliphatic hydroxyl groups excluding tert-OH is 1. The first-order valence-electron chi connectivity index (χ1n) is 3.08. The molecule has 0 aromatic carbocycles. The summed E-state index contributed by atoms with van der Waals surface area (Å²) < 4.78 is 3.85. The van der Waals surface area contributed by atoms with Gasteiger partial charge in [-0.2, -0.15) is 0 Å². The van der Waals surface area contributed by atoms with E-state index in [9.17, 15) is 19.5 Å². The van der Waals surface area contributed by atoms with Gasteiger partial charge in [-0.25, -0.2) is 9.59 Å². The average Bonchev–Trinajstić information content (AvgIpc) is 2.16. The van der Waals surface area contributed by atoms with E-state index in [1.165, 1.54) is 0 Å². The Morgan fingerprint density at radius 1 is 1.58 bits per heavy atom. The maximum Gasteiger partial charge on any atom is 0.357 e. The number of cyclic esters (lactones) is 2. The van der Waals surface area contributed by atoms with Gasteiger partial charge in [-0.1, -0.05) is 0 Å². The van der Waals surface area contributed by atoms with Crippen molar-refractivity contribution in [3.8, 4) is 0 Å². The van der Waals surface area contributed by atoms with Gasteiger partial charge < -0.3 is 14.9 Å². The summed E-state index contributed by atoms with van der Waals surface area (Å²) in [6, 6.07) is 0. The number of ether oxygens (including phenoxy) is 1. The zero-order valence-corrected chi connectivity index (χ0v) is 6.10. The molecule has 0 aliphatic carbocycles. The van der Waals surface area contributed by atoms with Crippen LogP contribution >= 0.6 is 0 Å². The number of Topliss-reactive ketones (excluding diaryl/α,β-unsaturated/α-hetero) is 1. The summed E-state index contributed by atoms with van der Waals surface area (Å²) in [6.45, 7) is 0.878. The molecule has 0 bridgehead atoms. The third-order valence-electron chi connectivity index (χ3n) is 1.66. The van der Waals surface area contributed by atoms with E-state index >= 15 is 0 Å². The fourth-order valence-electron chi connectivity index (χ4n) is 0.843. The van der Waals surface area contributed by atoms with E-state index in [4.69, 9.17) is 5.11 Å². The lowest BCUT2D eigenvalue weighted by molar-refractivity contribution is -0.162. The second-order valence-corrected chi connectivity index (χ2v) is 2.43. The number of ketones is 1. The molecule has 6 heteroatoms. The van der Waals surface area contributed by atoms with Crippen LogP contribution in [0.5, 0.6) is 0 Å². The molecule has 1 fully saturated rings. The third kappa shape index (κ3) is 0.853. The summed E-state index contributed by atoms with van der Waals surface area (Å²) in [7, 11) is 0. The molecule has 0 amide bonds. The molecule has 2 atom stereocenters. The van der Waals surface area contributed by atoms with Gasteiger partial charge in [-0.15, -0.1) is 0 Å². The van der Waals surface area contributed by atoms with Crippen LogP contribution in [-0.4, -0.2) is 39.6 Å². The average molecular weight is 174 g/mol. The highest BCUT2D eigenvalue weighted by atomic mass is 16.6. The van der Waals surface area contributed by atoms with Gasteiger partial charge in [0.15, 0.2) is 11.9 Å². The zero-order valence-electron chi connectivity index (χ0n) is 6.10. The first-order chi connectivity index (χ1) is 5.40. The highest BCUT2D eigenvalue weighted by Crippen LogP contribution is 2.22. The summed E-state index contributed by atoms with van der Waals surface area (Å²) >= 11 is 0. The van der Waals surface area contributed by atoms with Crippen LogP contribution in [-0.2, 0) is 19.1 Å². The predicted octanol–water partition coefficient (Wildman–Crippen LogP) is -2.25. The maximum atomic E-state index is 10.7. The number of hydrogen-bond acceptors (Lipinski definition) is 6. The van der Waals surface area contributed by atoms with Crippen LogP contribution in [0.3, 0.4) is 0 Å². The Labute approximate surface area is 66.7 Å². The molecule has 0 radical (unpaired) electrons. The Kier molecular flexibility index (Phi) is 1.73. The minimum absolute atomic E-state index is 0.878.